The number of hydrogen-bond acceptors (Lipinski definition) is 5. The van der Waals surface area contributed by atoms with E-state index in [1.165, 1.54) is 0 Å². The molecule has 0 aliphatic carbocycles. The van der Waals surface area contributed by atoms with Crippen LogP contribution in [-0.2, 0) is 21.5 Å². The number of ether oxygens (including phenoxy) is 1. The average molecular weight is 441 g/mol. The second kappa shape index (κ2) is 7.76. The minimum absolute atomic E-state index is 0.155. The Morgan fingerprint density at radius 2 is 1.89 bits per heavy atom. The second-order valence-electron chi connectivity index (χ2n) is 9.11. The summed E-state index contributed by atoms with van der Waals surface area (Å²) in [7, 11) is 0. The van der Waals surface area contributed by atoms with Gasteiger partial charge in [0, 0.05) is 25.1 Å². The number of rotatable bonds is 3. The molecule has 1 aliphatic rings. The normalized spacial score (nSPS) is 17.4. The lowest BCUT2D eigenvalue weighted by molar-refractivity contribution is 0.0170. The van der Waals surface area contributed by atoms with Gasteiger partial charge in [0.25, 0.3) is 0 Å². The molecular formula is C19H29BrN4O3. The first-order chi connectivity index (χ1) is 12.4. The summed E-state index contributed by atoms with van der Waals surface area (Å²) in [6.45, 7) is 12.8. The Labute approximate surface area is 169 Å². The molecule has 1 aromatic rings. The molecule has 2 heterocycles. The van der Waals surface area contributed by atoms with E-state index in [0.717, 1.165) is 10.2 Å². The fraction of sp³-hybridized carbons (Fsp3) is 0.737. The van der Waals surface area contributed by atoms with Crippen molar-refractivity contribution in [1.82, 2.24) is 14.7 Å². The Bertz CT molecular complexity index is 731. The number of likely N-dealkylation sites (tertiary alicyclic amines) is 1. The van der Waals surface area contributed by atoms with E-state index >= 15 is 0 Å². The number of carbonyl (C=O) groups is 1. The standard InChI is InChI=1S/C19H29BrN4O3/c1-17(2,3)24-15(20)14(12-22-24)11-19(21-13-25)7-9-23(10-8-19)16(26)27-18(4,5)6/h12H,7-11H2,1-6H3. The van der Waals surface area contributed by atoms with E-state index in [0.29, 0.717) is 32.4 Å². The summed E-state index contributed by atoms with van der Waals surface area (Å²) in [5.74, 6) is 0. The second-order valence-corrected chi connectivity index (χ2v) is 9.87. The predicted molar refractivity (Wildman–Crippen MR) is 107 cm³/mol. The highest BCUT2D eigenvalue weighted by Crippen LogP contribution is 2.34. The molecule has 1 aliphatic heterocycles. The lowest BCUT2D eigenvalue weighted by atomic mass is 9.83. The van der Waals surface area contributed by atoms with Gasteiger partial charge in [0.2, 0.25) is 6.08 Å². The smallest absolute Gasteiger partial charge is 0.410 e. The number of piperidine rings is 1. The molecule has 0 spiro atoms. The Morgan fingerprint density at radius 3 is 2.33 bits per heavy atom. The van der Waals surface area contributed by atoms with Crippen LogP contribution in [0.5, 0.6) is 0 Å². The van der Waals surface area contributed by atoms with Crippen molar-refractivity contribution in [3.8, 4) is 0 Å². The Balaban J connectivity index is 2.14. The predicted octanol–water partition coefficient (Wildman–Crippen LogP) is 4.05. The molecule has 8 heteroatoms. The molecule has 1 fully saturated rings. The fourth-order valence-electron chi connectivity index (χ4n) is 3.17. The van der Waals surface area contributed by atoms with Crippen LogP contribution in [0.2, 0.25) is 0 Å². The van der Waals surface area contributed by atoms with Crippen LogP contribution >= 0.6 is 15.9 Å². The Hall–Kier alpha value is -1.66. The largest absolute Gasteiger partial charge is 0.444 e. The van der Waals surface area contributed by atoms with Crippen LogP contribution in [-0.4, -0.2) is 51.1 Å². The van der Waals surface area contributed by atoms with E-state index in [-0.39, 0.29) is 11.6 Å². The zero-order valence-electron chi connectivity index (χ0n) is 17.0. The van der Waals surface area contributed by atoms with Gasteiger partial charge in [0.1, 0.15) is 10.2 Å². The van der Waals surface area contributed by atoms with Gasteiger partial charge in [-0.05, 0) is 70.3 Å². The number of halogens is 1. The molecule has 7 nitrogen and oxygen atoms in total. The topological polar surface area (TPSA) is 76.8 Å². The van der Waals surface area contributed by atoms with Gasteiger partial charge in [-0.1, -0.05) is 0 Å². The van der Waals surface area contributed by atoms with E-state index in [4.69, 9.17) is 4.74 Å². The lowest BCUT2D eigenvalue weighted by Crippen LogP contribution is -2.48. The Kier molecular flexibility index (Phi) is 6.22. The van der Waals surface area contributed by atoms with E-state index in [1.54, 1.807) is 11.0 Å². The molecule has 2 rings (SSSR count). The molecule has 0 aromatic carbocycles. The van der Waals surface area contributed by atoms with Gasteiger partial charge >= 0.3 is 6.09 Å². The van der Waals surface area contributed by atoms with E-state index in [1.807, 2.05) is 31.6 Å². The molecule has 1 saturated heterocycles. The lowest BCUT2D eigenvalue weighted by Gasteiger charge is -2.38. The molecule has 0 radical (unpaired) electrons. The molecule has 27 heavy (non-hydrogen) atoms. The van der Waals surface area contributed by atoms with Crippen molar-refractivity contribution in [3.63, 3.8) is 0 Å². The molecule has 0 unspecified atom stereocenters. The monoisotopic (exact) mass is 440 g/mol. The minimum Gasteiger partial charge on any atom is -0.444 e. The molecule has 150 valence electrons. The average Bonchev–Trinajstić information content (AvgIpc) is 2.87. The third-order valence-electron chi connectivity index (χ3n) is 4.56. The maximum atomic E-state index is 12.3. The number of hydrogen-bond donors (Lipinski definition) is 0. The first kappa shape index (κ1) is 21.6. The molecule has 1 aromatic heterocycles. The van der Waals surface area contributed by atoms with Crippen LogP contribution < -0.4 is 0 Å². The number of amides is 1. The first-order valence-corrected chi connectivity index (χ1v) is 9.96. The van der Waals surface area contributed by atoms with E-state index in [2.05, 4.69) is 46.8 Å². The summed E-state index contributed by atoms with van der Waals surface area (Å²) in [6.07, 6.45) is 4.95. The van der Waals surface area contributed by atoms with Crippen molar-refractivity contribution in [2.75, 3.05) is 13.1 Å². The number of nitrogens with zero attached hydrogens (tertiary/aromatic N) is 4. The van der Waals surface area contributed by atoms with Crippen molar-refractivity contribution in [2.24, 2.45) is 4.99 Å². The van der Waals surface area contributed by atoms with Gasteiger partial charge < -0.3 is 9.64 Å². The molecule has 0 bridgehead atoms. The molecule has 1 amide bonds. The number of carbonyl (C=O) groups excluding carboxylic acids is 2. The summed E-state index contributed by atoms with van der Waals surface area (Å²) < 4.78 is 8.25. The number of isocyanates is 1. The van der Waals surface area contributed by atoms with Gasteiger partial charge in [-0.15, -0.1) is 0 Å². The van der Waals surface area contributed by atoms with Crippen LogP contribution in [0.15, 0.2) is 15.8 Å². The number of aromatic nitrogens is 2. The van der Waals surface area contributed by atoms with E-state index in [9.17, 15) is 9.59 Å². The zero-order valence-corrected chi connectivity index (χ0v) is 18.6. The van der Waals surface area contributed by atoms with Crippen LogP contribution in [0.3, 0.4) is 0 Å². The van der Waals surface area contributed by atoms with Gasteiger partial charge in [0.15, 0.2) is 0 Å². The van der Waals surface area contributed by atoms with Crippen molar-refractivity contribution in [1.29, 1.82) is 0 Å². The highest BCUT2D eigenvalue weighted by atomic mass is 79.9. The van der Waals surface area contributed by atoms with Crippen molar-refractivity contribution in [3.05, 3.63) is 16.4 Å². The van der Waals surface area contributed by atoms with Crippen molar-refractivity contribution < 1.29 is 14.3 Å². The molecule has 0 atom stereocenters. The molecule has 0 N–H and O–H groups in total. The molecular weight excluding hydrogens is 412 g/mol. The summed E-state index contributed by atoms with van der Waals surface area (Å²) in [6, 6.07) is 0. The highest BCUT2D eigenvalue weighted by Gasteiger charge is 2.38. The van der Waals surface area contributed by atoms with Crippen molar-refractivity contribution >= 4 is 28.1 Å². The summed E-state index contributed by atoms with van der Waals surface area (Å²) >= 11 is 3.63. The van der Waals surface area contributed by atoms with Crippen LogP contribution in [0.4, 0.5) is 4.79 Å². The van der Waals surface area contributed by atoms with Gasteiger partial charge in [-0.25, -0.2) is 9.59 Å². The Morgan fingerprint density at radius 1 is 1.30 bits per heavy atom. The van der Waals surface area contributed by atoms with Gasteiger partial charge in [-0.3, -0.25) is 4.68 Å². The number of aliphatic imine (C=N–C) groups is 1. The summed E-state index contributed by atoms with van der Waals surface area (Å²) in [4.78, 5) is 29.2. The van der Waals surface area contributed by atoms with Crippen LogP contribution in [0.1, 0.15) is 59.9 Å². The van der Waals surface area contributed by atoms with Gasteiger partial charge in [-0.2, -0.15) is 10.1 Å². The van der Waals surface area contributed by atoms with Crippen LogP contribution in [0.25, 0.3) is 0 Å². The van der Waals surface area contributed by atoms with Crippen LogP contribution in [0, 0.1) is 0 Å². The molecule has 0 saturated carbocycles. The quantitative estimate of drug-likeness (QED) is 0.524. The summed E-state index contributed by atoms with van der Waals surface area (Å²) in [5.41, 5.74) is -0.263. The fourth-order valence-corrected chi connectivity index (χ4v) is 4.03. The van der Waals surface area contributed by atoms with E-state index < -0.39 is 11.1 Å². The third-order valence-corrected chi connectivity index (χ3v) is 5.41. The van der Waals surface area contributed by atoms with Crippen molar-refractivity contribution in [2.45, 2.75) is 77.5 Å². The summed E-state index contributed by atoms with van der Waals surface area (Å²) in [5, 5.41) is 4.47. The highest BCUT2D eigenvalue weighted by molar-refractivity contribution is 9.10. The first-order valence-electron chi connectivity index (χ1n) is 9.17. The maximum Gasteiger partial charge on any atom is 0.410 e. The minimum atomic E-state index is -0.575. The maximum absolute atomic E-state index is 12.3. The third kappa shape index (κ3) is 5.42. The van der Waals surface area contributed by atoms with Gasteiger partial charge in [0.05, 0.1) is 17.3 Å². The zero-order chi connectivity index (χ0) is 20.5. The SMILES string of the molecule is CC(C)(C)OC(=O)N1CCC(Cc2cnn(C(C)(C)C)c2Br)(N=C=O)CC1.